The van der Waals surface area contributed by atoms with Crippen molar-refractivity contribution >= 4 is 76.3 Å². The minimum Gasteiger partial charge on any atom is -0.488 e. The van der Waals surface area contributed by atoms with Gasteiger partial charge in [-0.3, -0.25) is 24.1 Å². The maximum absolute atomic E-state index is 13.7. The average molecular weight is 1150 g/mol. The van der Waals surface area contributed by atoms with Crippen LogP contribution in [0.15, 0.2) is 109 Å². The Bertz CT molecular complexity index is 3110. The van der Waals surface area contributed by atoms with Crippen molar-refractivity contribution in [3.05, 3.63) is 140 Å². The number of ether oxygens (including phenoxy) is 3. The number of alkyl halides is 6. The Morgan fingerprint density at radius 3 is 1.45 bits per heavy atom. The Balaban J connectivity index is 0.000000253. The highest BCUT2D eigenvalue weighted by Gasteiger charge is 2.40. The molecule has 8 rings (SSSR count). The zero-order chi connectivity index (χ0) is 56.0. The molecule has 0 saturated heterocycles. The lowest BCUT2D eigenvalue weighted by Crippen LogP contribution is -2.51. The summed E-state index contributed by atoms with van der Waals surface area (Å²) in [4.78, 5) is 64.9. The number of hydrogen-bond donors (Lipinski definition) is 3. The topological polar surface area (TPSA) is 175 Å². The van der Waals surface area contributed by atoms with Gasteiger partial charge in [-0.05, 0) is 111 Å². The van der Waals surface area contributed by atoms with Gasteiger partial charge in [-0.1, -0.05) is 60.7 Å². The summed E-state index contributed by atoms with van der Waals surface area (Å²) in [6.07, 6.45) is -9.71. The minimum absolute atomic E-state index is 0. The van der Waals surface area contributed by atoms with Gasteiger partial charge in [0.2, 0.25) is 5.91 Å². The fourth-order valence-corrected chi connectivity index (χ4v) is 10.6. The first-order valence-corrected chi connectivity index (χ1v) is 25.7. The van der Waals surface area contributed by atoms with Crippen molar-refractivity contribution in [2.24, 2.45) is 0 Å². The maximum atomic E-state index is 13.7. The lowest BCUT2D eigenvalue weighted by molar-refractivity contribution is -0.141. The number of likely N-dealkylation sites (N-methyl/N-ethyl adjacent to an activating group) is 2. The van der Waals surface area contributed by atoms with Gasteiger partial charge in [0.25, 0.3) is 5.91 Å². The standard InChI is InChI=1S/C30H31F3N2O6S.C25H23F3N2O4S.ClH/c1-29(2,3)41-28(39)34(4)24(16-25(36)37)27(38)35-13-12-19-14-20(10-11-23(19)35)40-17-21-15-22(18-8-6-5-7-9-18)26(42-21)30(31,32)33;1-29-20(13-22(31)32)24(33)30-10-9-16-11-17(7-8-21(16)30)34-14-18-12-19(15-5-3-2-4-6-15)23(35-18)25(26,27)28;/h5-11,14-15,24H,12-13,16-17H2,1-4H3,(H,36,37);2-8,11-12,20,29H,9-10,13-14H2,1H3,(H,31,32);1H/t24-;20-;/m11./s1. The van der Waals surface area contributed by atoms with Gasteiger partial charge in [-0.25, -0.2) is 4.79 Å². The minimum atomic E-state index is -4.51. The number of carbonyl (C=O) groups is 5. The van der Waals surface area contributed by atoms with E-state index in [0.29, 0.717) is 85.8 Å². The van der Waals surface area contributed by atoms with E-state index >= 15 is 0 Å². The molecule has 0 aliphatic carbocycles. The van der Waals surface area contributed by atoms with Gasteiger partial charge in [0.1, 0.15) is 46.1 Å². The van der Waals surface area contributed by atoms with Crippen LogP contribution in [-0.4, -0.2) is 89.8 Å². The number of carbonyl (C=O) groups excluding carboxylic acids is 3. The Morgan fingerprint density at radius 2 is 1.06 bits per heavy atom. The molecule has 23 heteroatoms. The van der Waals surface area contributed by atoms with Gasteiger partial charge in [0, 0.05) is 52.4 Å². The number of aliphatic carboxylic acids is 2. The first-order valence-electron chi connectivity index (χ1n) is 24.0. The third kappa shape index (κ3) is 14.9. The monoisotopic (exact) mass is 1140 g/mol. The molecule has 2 aliphatic heterocycles. The summed E-state index contributed by atoms with van der Waals surface area (Å²) in [5.41, 5.74) is 3.18. The van der Waals surface area contributed by atoms with Gasteiger partial charge in [-0.2, -0.15) is 26.3 Å². The number of rotatable bonds is 16. The molecular formula is C55H55ClF6N4O10S2. The van der Waals surface area contributed by atoms with Crippen LogP contribution in [0.1, 0.15) is 64.2 Å². The molecular weight excluding hydrogens is 1090 g/mol. The number of hydrogen-bond acceptors (Lipinski definition) is 11. The van der Waals surface area contributed by atoms with E-state index in [1.807, 2.05) is 0 Å². The van der Waals surface area contributed by atoms with Crippen molar-refractivity contribution in [2.45, 2.75) is 89.7 Å². The molecule has 0 saturated carbocycles. The predicted octanol–water partition coefficient (Wildman–Crippen LogP) is 12.0. The Hall–Kier alpha value is -7.14. The van der Waals surface area contributed by atoms with E-state index in [2.05, 4.69) is 5.32 Å². The second-order valence-corrected chi connectivity index (χ2v) is 21.2. The lowest BCUT2D eigenvalue weighted by Gasteiger charge is -2.31. The van der Waals surface area contributed by atoms with Gasteiger partial charge < -0.3 is 39.5 Å². The van der Waals surface area contributed by atoms with Gasteiger partial charge in [0.05, 0.1) is 18.9 Å². The first kappa shape index (κ1) is 60.1. The van der Waals surface area contributed by atoms with Crippen LogP contribution in [0.4, 0.5) is 42.5 Å². The molecule has 2 aliphatic rings. The Kier molecular flexibility index (Phi) is 19.3. The smallest absolute Gasteiger partial charge is 0.426 e. The molecule has 4 heterocycles. The van der Waals surface area contributed by atoms with E-state index in [1.54, 1.807) is 123 Å². The van der Waals surface area contributed by atoms with Crippen LogP contribution in [-0.2, 0) is 62.3 Å². The van der Waals surface area contributed by atoms with Crippen molar-refractivity contribution in [1.29, 1.82) is 0 Å². The van der Waals surface area contributed by atoms with E-state index in [1.165, 1.54) is 31.1 Å². The summed E-state index contributed by atoms with van der Waals surface area (Å²) in [5, 5.41) is 21.2. The SMILES string of the molecule is CN(C(=O)OC(C)(C)C)[C@H](CC(=O)O)C(=O)N1CCc2cc(OCc3cc(-c4ccccc4)c(C(F)(F)F)s3)ccc21.CN[C@H](CC(=O)O)C(=O)N1CCc2cc(OCc3cc(-c4ccccc4)c(C(F)(F)F)s3)ccc21.Cl. The summed E-state index contributed by atoms with van der Waals surface area (Å²) in [6.45, 7) is 5.56. The highest BCUT2D eigenvalue weighted by molar-refractivity contribution is 7.13. The summed E-state index contributed by atoms with van der Waals surface area (Å²) < 4.78 is 99.0. The molecule has 0 bridgehead atoms. The van der Waals surface area contributed by atoms with Gasteiger partial charge >= 0.3 is 30.4 Å². The van der Waals surface area contributed by atoms with E-state index < -0.39 is 70.2 Å². The average Bonchev–Trinajstić information content (AvgIpc) is 4.25. The summed E-state index contributed by atoms with van der Waals surface area (Å²) in [6, 6.07) is 27.8. The molecule has 0 unspecified atom stereocenters. The molecule has 3 N–H and O–H groups in total. The number of anilines is 2. The van der Waals surface area contributed by atoms with Crippen LogP contribution in [0.2, 0.25) is 0 Å². The number of benzene rings is 4. The fraction of sp³-hybridized carbons (Fsp3) is 0.327. The predicted molar refractivity (Wildman–Crippen MR) is 286 cm³/mol. The highest BCUT2D eigenvalue weighted by atomic mass is 35.5. The fourth-order valence-electron chi connectivity index (χ4n) is 8.69. The molecule has 0 radical (unpaired) electrons. The second-order valence-electron chi connectivity index (χ2n) is 18.9. The van der Waals surface area contributed by atoms with Crippen LogP contribution in [0.25, 0.3) is 22.3 Å². The molecule has 0 spiro atoms. The molecule has 3 amide bonds. The van der Waals surface area contributed by atoms with Crippen LogP contribution in [0.5, 0.6) is 11.5 Å². The maximum Gasteiger partial charge on any atom is 0.426 e. The van der Waals surface area contributed by atoms with E-state index in [0.717, 1.165) is 16.0 Å². The molecule has 416 valence electrons. The van der Waals surface area contributed by atoms with Crippen LogP contribution >= 0.6 is 35.1 Å². The first-order chi connectivity index (χ1) is 36.3. The quantitative estimate of drug-likeness (QED) is 0.0787. The molecule has 2 atom stereocenters. The zero-order valence-corrected chi connectivity index (χ0v) is 45.1. The van der Waals surface area contributed by atoms with Crippen molar-refractivity contribution in [3.63, 3.8) is 0 Å². The number of carboxylic acids is 2. The Morgan fingerprint density at radius 1 is 0.641 bits per heavy atom. The second kappa shape index (κ2) is 25.1. The summed E-state index contributed by atoms with van der Waals surface area (Å²) >= 11 is 1.30. The molecule has 0 fully saturated rings. The number of carboxylic acid groups (broad SMARTS) is 2. The third-order valence-electron chi connectivity index (χ3n) is 12.3. The Labute approximate surface area is 459 Å². The number of halogens is 7. The van der Waals surface area contributed by atoms with Gasteiger partial charge in [-0.15, -0.1) is 35.1 Å². The van der Waals surface area contributed by atoms with Crippen LogP contribution in [0.3, 0.4) is 0 Å². The number of nitrogens with one attached hydrogen (secondary N) is 1. The lowest BCUT2D eigenvalue weighted by atomic mass is 10.1. The van der Waals surface area contributed by atoms with Crippen molar-refractivity contribution < 1.29 is 74.7 Å². The molecule has 78 heavy (non-hydrogen) atoms. The van der Waals surface area contributed by atoms with Crippen molar-refractivity contribution in [1.82, 2.24) is 10.2 Å². The summed E-state index contributed by atoms with van der Waals surface area (Å²) in [7, 11) is 2.86. The molecule has 4 aromatic carbocycles. The summed E-state index contributed by atoms with van der Waals surface area (Å²) in [5.74, 6) is -2.31. The number of amides is 3. The largest absolute Gasteiger partial charge is 0.488 e. The zero-order valence-electron chi connectivity index (χ0n) is 42.7. The number of fused-ring (bicyclic) bond motifs is 2. The van der Waals surface area contributed by atoms with E-state index in [9.17, 15) is 55.4 Å². The van der Waals surface area contributed by atoms with Gasteiger partial charge in [0.15, 0.2) is 0 Å². The van der Waals surface area contributed by atoms with E-state index in [4.69, 9.17) is 19.3 Å². The number of nitrogens with zero attached hydrogens (tertiary/aromatic N) is 3. The van der Waals surface area contributed by atoms with Crippen LogP contribution in [0, 0.1) is 0 Å². The van der Waals surface area contributed by atoms with Crippen molar-refractivity contribution in [2.75, 3.05) is 37.0 Å². The highest BCUT2D eigenvalue weighted by Crippen LogP contribution is 2.45. The van der Waals surface area contributed by atoms with Crippen molar-refractivity contribution in [3.8, 4) is 33.8 Å². The molecule has 2 aromatic heterocycles. The molecule has 6 aromatic rings. The van der Waals surface area contributed by atoms with Crippen LogP contribution < -0.4 is 24.6 Å². The normalized spacial score (nSPS) is 13.7. The third-order valence-corrected chi connectivity index (χ3v) is 14.6. The van der Waals surface area contributed by atoms with E-state index in [-0.39, 0.29) is 55.6 Å². The molecule has 14 nitrogen and oxygen atoms in total. The number of thiophene rings is 2.